The molecule has 7 heteroatoms. The van der Waals surface area contributed by atoms with Crippen LogP contribution >= 0.6 is 11.8 Å². The van der Waals surface area contributed by atoms with Crippen LogP contribution in [0.25, 0.3) is 0 Å². The highest BCUT2D eigenvalue weighted by Crippen LogP contribution is 2.41. The molecule has 1 aliphatic carbocycles. The van der Waals surface area contributed by atoms with Crippen LogP contribution in [0.4, 0.5) is 5.95 Å². The van der Waals surface area contributed by atoms with E-state index in [0.717, 1.165) is 35.9 Å². The number of hydrogen-bond donors (Lipinski definition) is 0. The maximum atomic E-state index is 12.5. The van der Waals surface area contributed by atoms with Gasteiger partial charge in [0, 0.05) is 24.7 Å². The van der Waals surface area contributed by atoms with Crippen LogP contribution in [0.5, 0.6) is 5.75 Å². The highest BCUT2D eigenvalue weighted by molar-refractivity contribution is 7.99. The van der Waals surface area contributed by atoms with Gasteiger partial charge in [-0.2, -0.15) is 0 Å². The molecule has 1 aromatic heterocycles. The number of ketones is 1. The lowest BCUT2D eigenvalue weighted by Crippen LogP contribution is -2.34. The Labute approximate surface area is 164 Å². The van der Waals surface area contributed by atoms with Crippen molar-refractivity contribution in [1.82, 2.24) is 14.8 Å². The summed E-state index contributed by atoms with van der Waals surface area (Å²) in [6, 6.07) is 7.76. The van der Waals surface area contributed by atoms with Crippen LogP contribution in [0.2, 0.25) is 0 Å². The first kappa shape index (κ1) is 18.3. The first-order valence-electron chi connectivity index (χ1n) is 9.65. The molecule has 2 heterocycles. The third kappa shape index (κ3) is 4.13. The Balaban J connectivity index is 1.45. The minimum Gasteiger partial charge on any atom is -0.497 e. The highest BCUT2D eigenvalue weighted by Gasteiger charge is 2.32. The number of hydrogen-bond acceptors (Lipinski definition) is 6. The average molecular weight is 387 g/mol. The number of aromatic nitrogens is 3. The zero-order valence-electron chi connectivity index (χ0n) is 15.9. The zero-order chi connectivity index (χ0) is 18.8. The van der Waals surface area contributed by atoms with Gasteiger partial charge in [-0.25, -0.2) is 0 Å². The molecular formula is C20H26N4O2S. The quantitative estimate of drug-likeness (QED) is 0.532. The molecule has 0 atom stereocenters. The Hall–Kier alpha value is -2.02. The fraction of sp³-hybridized carbons (Fsp3) is 0.550. The summed E-state index contributed by atoms with van der Waals surface area (Å²) in [6.45, 7) is 4.40. The molecule has 0 unspecified atom stereocenters. The molecule has 1 aliphatic heterocycles. The lowest BCUT2D eigenvalue weighted by molar-refractivity contribution is 0.102. The lowest BCUT2D eigenvalue weighted by Gasteiger charge is -2.31. The molecule has 1 saturated heterocycles. The van der Waals surface area contributed by atoms with E-state index in [0.29, 0.717) is 17.4 Å². The van der Waals surface area contributed by atoms with Crippen molar-refractivity contribution in [2.75, 3.05) is 30.9 Å². The number of ether oxygens (including phenoxy) is 1. The van der Waals surface area contributed by atoms with Gasteiger partial charge < -0.3 is 9.64 Å². The van der Waals surface area contributed by atoms with E-state index in [9.17, 15) is 4.79 Å². The van der Waals surface area contributed by atoms with Crippen molar-refractivity contribution in [3.63, 3.8) is 0 Å². The van der Waals surface area contributed by atoms with E-state index >= 15 is 0 Å². The summed E-state index contributed by atoms with van der Waals surface area (Å²) in [4.78, 5) is 14.9. The monoisotopic (exact) mass is 386 g/mol. The third-order valence-electron chi connectivity index (χ3n) is 5.37. The van der Waals surface area contributed by atoms with Crippen molar-refractivity contribution >= 4 is 23.5 Å². The van der Waals surface area contributed by atoms with Crippen LogP contribution < -0.4 is 9.64 Å². The molecular weight excluding hydrogens is 360 g/mol. The topological polar surface area (TPSA) is 60.2 Å². The second kappa shape index (κ2) is 7.92. The Morgan fingerprint density at radius 3 is 2.48 bits per heavy atom. The summed E-state index contributed by atoms with van der Waals surface area (Å²) in [5, 5.41) is 9.78. The molecule has 2 aromatic rings. The second-order valence-corrected chi connectivity index (χ2v) is 8.44. The molecule has 144 valence electrons. The number of benzene rings is 1. The molecule has 0 bridgehead atoms. The largest absolute Gasteiger partial charge is 0.497 e. The number of Topliss-reactive ketones (excluding diaryl/α,β-unsaturated/α-hetero) is 1. The molecule has 0 amide bonds. The second-order valence-electron chi connectivity index (χ2n) is 7.49. The summed E-state index contributed by atoms with van der Waals surface area (Å²) in [5.74, 6) is 3.00. The molecule has 0 N–H and O–H groups in total. The molecule has 0 spiro atoms. The van der Waals surface area contributed by atoms with Crippen molar-refractivity contribution in [1.29, 1.82) is 0 Å². The van der Waals surface area contributed by atoms with E-state index in [2.05, 4.69) is 26.6 Å². The number of anilines is 1. The van der Waals surface area contributed by atoms with Gasteiger partial charge in [-0.1, -0.05) is 18.7 Å². The van der Waals surface area contributed by atoms with Crippen LogP contribution in [0.3, 0.4) is 0 Å². The normalized spacial score (nSPS) is 17.9. The molecule has 0 radical (unpaired) electrons. The van der Waals surface area contributed by atoms with Gasteiger partial charge in [0.05, 0.1) is 12.9 Å². The molecule has 2 fully saturated rings. The van der Waals surface area contributed by atoms with Crippen molar-refractivity contribution in [2.24, 2.45) is 5.92 Å². The van der Waals surface area contributed by atoms with Gasteiger partial charge in [0.1, 0.15) is 5.75 Å². The zero-order valence-corrected chi connectivity index (χ0v) is 16.7. The maximum Gasteiger partial charge on any atom is 0.228 e. The van der Waals surface area contributed by atoms with E-state index in [4.69, 9.17) is 4.74 Å². The van der Waals surface area contributed by atoms with Crippen molar-refractivity contribution < 1.29 is 9.53 Å². The van der Waals surface area contributed by atoms with Gasteiger partial charge >= 0.3 is 0 Å². The Kier molecular flexibility index (Phi) is 5.38. The van der Waals surface area contributed by atoms with Gasteiger partial charge in [0.25, 0.3) is 0 Å². The molecule has 6 nitrogen and oxygen atoms in total. The van der Waals surface area contributed by atoms with E-state index in [1.54, 1.807) is 7.11 Å². The Bertz CT molecular complexity index is 793. The van der Waals surface area contributed by atoms with Gasteiger partial charge in [-0.05, 0) is 55.9 Å². The van der Waals surface area contributed by atoms with E-state index in [1.807, 2.05) is 24.3 Å². The third-order valence-corrected chi connectivity index (χ3v) is 6.31. The van der Waals surface area contributed by atoms with E-state index < -0.39 is 0 Å². The van der Waals surface area contributed by atoms with Crippen LogP contribution in [-0.4, -0.2) is 46.5 Å². The number of piperidine rings is 1. The SMILES string of the molecule is COc1ccc(C(=O)CSc2nnc(N3CCC(C)CC3)n2C2CC2)cc1. The number of methoxy groups -OCH3 is 1. The highest BCUT2D eigenvalue weighted by atomic mass is 32.2. The van der Waals surface area contributed by atoms with Crippen LogP contribution in [0.1, 0.15) is 49.0 Å². The van der Waals surface area contributed by atoms with Gasteiger partial charge in [0.2, 0.25) is 5.95 Å². The number of rotatable bonds is 7. The minimum absolute atomic E-state index is 0.0985. The predicted octanol–water partition coefficient (Wildman–Crippen LogP) is 3.83. The Morgan fingerprint density at radius 1 is 1.15 bits per heavy atom. The lowest BCUT2D eigenvalue weighted by atomic mass is 10.00. The molecule has 1 saturated carbocycles. The fourth-order valence-electron chi connectivity index (χ4n) is 3.43. The number of thioether (sulfide) groups is 1. The smallest absolute Gasteiger partial charge is 0.228 e. The number of carbonyl (C=O) groups is 1. The van der Waals surface area contributed by atoms with Gasteiger partial charge in [0.15, 0.2) is 10.9 Å². The molecule has 2 aliphatic rings. The van der Waals surface area contributed by atoms with Crippen LogP contribution in [-0.2, 0) is 0 Å². The van der Waals surface area contributed by atoms with Crippen molar-refractivity contribution in [3.05, 3.63) is 29.8 Å². The first-order chi connectivity index (χ1) is 13.2. The average Bonchev–Trinajstić information content (AvgIpc) is 3.46. The summed E-state index contributed by atoms with van der Waals surface area (Å²) >= 11 is 1.50. The summed E-state index contributed by atoms with van der Waals surface area (Å²) in [6.07, 6.45) is 4.76. The minimum atomic E-state index is 0.0985. The summed E-state index contributed by atoms with van der Waals surface area (Å²) in [7, 11) is 1.62. The van der Waals surface area contributed by atoms with Crippen molar-refractivity contribution in [3.8, 4) is 5.75 Å². The van der Waals surface area contributed by atoms with E-state index in [-0.39, 0.29) is 5.78 Å². The van der Waals surface area contributed by atoms with Gasteiger partial charge in [-0.3, -0.25) is 9.36 Å². The number of carbonyl (C=O) groups excluding carboxylic acids is 1. The standard InChI is InChI=1S/C20H26N4O2S/c1-14-9-11-23(12-10-14)19-21-22-20(24(19)16-5-6-16)27-13-18(25)15-3-7-17(26-2)8-4-15/h3-4,7-8,14,16H,5-6,9-13H2,1-2H3. The Morgan fingerprint density at radius 2 is 1.85 bits per heavy atom. The van der Waals surface area contributed by atoms with Crippen LogP contribution in [0.15, 0.2) is 29.4 Å². The fourth-order valence-corrected chi connectivity index (χ4v) is 4.33. The predicted molar refractivity (Wildman–Crippen MR) is 107 cm³/mol. The molecule has 27 heavy (non-hydrogen) atoms. The van der Waals surface area contributed by atoms with Gasteiger partial charge in [-0.15, -0.1) is 10.2 Å². The summed E-state index contributed by atoms with van der Waals surface area (Å²) in [5.41, 5.74) is 0.700. The van der Waals surface area contributed by atoms with Crippen LogP contribution in [0, 0.1) is 5.92 Å². The molecule has 4 rings (SSSR count). The summed E-state index contributed by atoms with van der Waals surface area (Å²) < 4.78 is 7.42. The first-order valence-corrected chi connectivity index (χ1v) is 10.6. The molecule has 1 aromatic carbocycles. The van der Waals surface area contributed by atoms with E-state index in [1.165, 1.54) is 37.4 Å². The number of nitrogens with zero attached hydrogens (tertiary/aromatic N) is 4. The van der Waals surface area contributed by atoms with Crippen molar-refractivity contribution in [2.45, 2.75) is 43.8 Å². The maximum absolute atomic E-state index is 12.5.